The maximum Gasteiger partial charge on any atom is 0.490 e. The lowest BCUT2D eigenvalue weighted by molar-refractivity contribution is -0.129. The van der Waals surface area contributed by atoms with E-state index in [2.05, 4.69) is 18.1 Å². The van der Waals surface area contributed by atoms with Gasteiger partial charge in [0.05, 0.1) is 19.1 Å². The third kappa shape index (κ3) is 6.19. The Kier molecular flexibility index (Phi) is 7.61. The first-order chi connectivity index (χ1) is 14.0. The summed E-state index contributed by atoms with van der Waals surface area (Å²) in [5.74, 6) is -0.891. The topological polar surface area (TPSA) is 270 Å². The Balaban J connectivity index is 2.22. The Morgan fingerprint density at radius 3 is 2.39 bits per heavy atom. The number of alkyl halides is 1. The highest BCUT2D eigenvalue weighted by Gasteiger charge is 2.60. The van der Waals surface area contributed by atoms with E-state index in [9.17, 15) is 33.6 Å². The van der Waals surface area contributed by atoms with E-state index in [1.165, 1.54) is 0 Å². The first kappa shape index (κ1) is 26.5. The molecule has 0 saturated carbocycles. The number of nitrogens with two attached hydrogens (primary N) is 1. The minimum atomic E-state index is -5.78. The van der Waals surface area contributed by atoms with Crippen molar-refractivity contribution in [3.63, 3.8) is 0 Å². The van der Waals surface area contributed by atoms with Crippen molar-refractivity contribution in [1.82, 2.24) is 9.55 Å². The van der Waals surface area contributed by atoms with Gasteiger partial charge in [-0.1, -0.05) is 0 Å². The minimum absolute atomic E-state index is 0.186. The molecule has 0 aromatic carbocycles. The molecule has 3 unspecified atom stereocenters. The van der Waals surface area contributed by atoms with Crippen molar-refractivity contribution in [2.24, 2.45) is 0 Å². The summed E-state index contributed by atoms with van der Waals surface area (Å²) < 4.78 is 51.2. The number of ether oxygens (including phenoxy) is 1. The molecule has 1 aromatic heterocycles. The molecular formula is C10H17ClN3O14P3. The van der Waals surface area contributed by atoms with Gasteiger partial charge in [-0.15, -0.1) is 11.6 Å². The van der Waals surface area contributed by atoms with Crippen molar-refractivity contribution in [2.75, 3.05) is 24.8 Å². The van der Waals surface area contributed by atoms with Crippen LogP contribution in [0.2, 0.25) is 0 Å². The quantitative estimate of drug-likeness (QED) is 0.136. The number of nitrogen functional groups attached to an aromatic ring is 1. The summed E-state index contributed by atoms with van der Waals surface area (Å²) in [6.07, 6.45) is -1.10. The molecule has 1 aromatic rings. The Morgan fingerprint density at radius 1 is 1.26 bits per heavy atom. The molecule has 8 N–H and O–H groups in total. The first-order valence-corrected chi connectivity index (χ1v) is 12.8. The van der Waals surface area contributed by atoms with Gasteiger partial charge in [0, 0.05) is 6.20 Å². The van der Waals surface area contributed by atoms with Gasteiger partial charge in [0.15, 0.2) is 5.72 Å². The fourth-order valence-corrected chi connectivity index (χ4v) is 5.88. The minimum Gasteiger partial charge on any atom is -0.385 e. The van der Waals surface area contributed by atoms with Gasteiger partial charge >= 0.3 is 29.2 Å². The Labute approximate surface area is 177 Å². The van der Waals surface area contributed by atoms with Crippen molar-refractivity contribution in [2.45, 2.75) is 17.4 Å². The Morgan fingerprint density at radius 2 is 1.87 bits per heavy atom. The van der Waals surface area contributed by atoms with Crippen molar-refractivity contribution in [3.05, 3.63) is 22.7 Å². The van der Waals surface area contributed by atoms with Gasteiger partial charge in [-0.3, -0.25) is 9.09 Å². The van der Waals surface area contributed by atoms with Crippen LogP contribution in [0, 0.1) is 0 Å². The van der Waals surface area contributed by atoms with E-state index in [0.29, 0.717) is 4.57 Å². The highest BCUT2D eigenvalue weighted by molar-refractivity contribution is 7.66. The second kappa shape index (κ2) is 8.89. The lowest BCUT2D eigenvalue weighted by Gasteiger charge is -2.34. The number of hydrogen-bond donors (Lipinski definition) is 7. The maximum atomic E-state index is 12.0. The van der Waals surface area contributed by atoms with Crippen LogP contribution in [0.15, 0.2) is 17.1 Å². The molecule has 1 saturated heterocycles. The van der Waals surface area contributed by atoms with Crippen molar-refractivity contribution in [1.29, 1.82) is 0 Å². The predicted octanol–water partition coefficient (Wildman–Crippen LogP) is -1.82. The summed E-state index contributed by atoms with van der Waals surface area (Å²) in [4.78, 5) is 51.1. The van der Waals surface area contributed by atoms with Gasteiger partial charge in [-0.2, -0.15) is 13.6 Å². The molecular weight excluding hydrogens is 514 g/mol. The van der Waals surface area contributed by atoms with Crippen molar-refractivity contribution >= 4 is 40.9 Å². The highest BCUT2D eigenvalue weighted by Crippen LogP contribution is 2.66. The zero-order valence-electron chi connectivity index (χ0n) is 15.0. The number of phosphoric ester groups is 1. The first-order valence-electron chi connectivity index (χ1n) is 7.70. The summed E-state index contributed by atoms with van der Waals surface area (Å²) in [6.45, 7) is -1.95. The maximum absolute atomic E-state index is 12.0. The number of aromatic nitrogens is 2. The van der Waals surface area contributed by atoms with Crippen LogP contribution in [-0.4, -0.2) is 70.1 Å². The number of phosphoric acid groups is 3. The molecule has 0 radical (unpaired) electrons. The molecule has 21 heteroatoms. The van der Waals surface area contributed by atoms with Crippen LogP contribution < -0.4 is 11.4 Å². The third-order valence-electron chi connectivity index (χ3n) is 3.86. The molecule has 178 valence electrons. The number of aliphatic hydroxyl groups is 2. The molecule has 5 atom stereocenters. The molecule has 0 spiro atoms. The molecule has 2 rings (SSSR count). The number of rotatable bonds is 9. The second-order valence-corrected chi connectivity index (χ2v) is 10.8. The Bertz CT molecular complexity index is 1030. The molecule has 2 heterocycles. The largest absolute Gasteiger partial charge is 0.490 e. The van der Waals surface area contributed by atoms with Crippen LogP contribution in [0.1, 0.15) is 0 Å². The summed E-state index contributed by atoms with van der Waals surface area (Å²) in [7, 11) is -16.9. The van der Waals surface area contributed by atoms with E-state index < -0.39 is 65.7 Å². The highest BCUT2D eigenvalue weighted by atomic mass is 35.5. The molecule has 1 fully saturated rings. The van der Waals surface area contributed by atoms with E-state index in [-0.39, 0.29) is 5.82 Å². The van der Waals surface area contributed by atoms with Gasteiger partial charge in [0.25, 0.3) is 0 Å². The molecule has 0 amide bonds. The summed E-state index contributed by atoms with van der Waals surface area (Å²) in [5.41, 5.74) is -0.373. The lowest BCUT2D eigenvalue weighted by atomic mass is 9.94. The van der Waals surface area contributed by atoms with E-state index in [0.717, 1.165) is 12.3 Å². The van der Waals surface area contributed by atoms with Gasteiger partial charge in [0.1, 0.15) is 17.5 Å². The fraction of sp³-hybridized carbons (Fsp3) is 0.600. The van der Waals surface area contributed by atoms with Crippen LogP contribution in [0.25, 0.3) is 0 Å². The van der Waals surface area contributed by atoms with Crippen LogP contribution in [0.4, 0.5) is 5.82 Å². The molecule has 17 nitrogen and oxygen atoms in total. The SMILES string of the molecule is Nc1ccn(C2(O)CO[C@](CCl)(COP(=O)(O)OP(=O)(O)OP(=O)(O)O)[C@H]2O)c(=O)n1. The van der Waals surface area contributed by atoms with Crippen LogP contribution in [0.3, 0.4) is 0 Å². The van der Waals surface area contributed by atoms with Gasteiger partial charge in [-0.25, -0.2) is 18.5 Å². The third-order valence-corrected chi connectivity index (χ3v) is 8.10. The molecule has 0 bridgehead atoms. The average molecular weight is 532 g/mol. The van der Waals surface area contributed by atoms with E-state index in [4.69, 9.17) is 36.8 Å². The normalized spacial score (nSPS) is 30.6. The van der Waals surface area contributed by atoms with Gasteiger partial charge in [0.2, 0.25) is 0 Å². The van der Waals surface area contributed by atoms with Crippen molar-refractivity contribution in [3.8, 4) is 0 Å². The van der Waals surface area contributed by atoms with Gasteiger partial charge < -0.3 is 40.3 Å². The zero-order valence-corrected chi connectivity index (χ0v) is 18.4. The Hall–Kier alpha value is -0.740. The average Bonchev–Trinajstić information content (AvgIpc) is 2.83. The summed E-state index contributed by atoms with van der Waals surface area (Å²) >= 11 is 5.75. The number of halogens is 1. The second-order valence-electron chi connectivity index (χ2n) is 6.14. The predicted molar refractivity (Wildman–Crippen MR) is 98.3 cm³/mol. The molecule has 1 aliphatic heterocycles. The van der Waals surface area contributed by atoms with Crippen LogP contribution >= 0.6 is 35.1 Å². The van der Waals surface area contributed by atoms with E-state index in [1.807, 2.05) is 0 Å². The fourth-order valence-electron chi connectivity index (χ4n) is 2.51. The van der Waals surface area contributed by atoms with Gasteiger partial charge in [-0.05, 0) is 6.07 Å². The monoisotopic (exact) mass is 531 g/mol. The standard InChI is InChI=1S/C10H17ClN3O14P3/c11-3-9(4-26-30(21,22)28-31(23,24)27-29(18,19)20)7(15)10(17,5-25-9)14-2-1-6(12)13-8(14)16/h1-2,7,15,17H,3-5H2,(H,21,22)(H,23,24)(H2,12,13,16)(H2,18,19,20)/t7-,9-,10?/m1/s1. The van der Waals surface area contributed by atoms with Crippen LogP contribution in [0.5, 0.6) is 0 Å². The number of nitrogens with zero attached hydrogens (tertiary/aromatic N) is 2. The van der Waals surface area contributed by atoms with Crippen molar-refractivity contribution < 1.29 is 61.4 Å². The smallest absolute Gasteiger partial charge is 0.385 e. The molecule has 31 heavy (non-hydrogen) atoms. The molecule has 1 aliphatic rings. The van der Waals surface area contributed by atoms with Crippen LogP contribution in [-0.2, 0) is 37.3 Å². The lowest BCUT2D eigenvalue weighted by Crippen LogP contribution is -2.57. The number of aliphatic hydroxyl groups excluding tert-OH is 1. The molecule has 0 aliphatic carbocycles. The zero-order chi connectivity index (χ0) is 23.9. The number of anilines is 1. The number of hydrogen-bond acceptors (Lipinski definition) is 12. The van der Waals surface area contributed by atoms with E-state index in [1.54, 1.807) is 0 Å². The summed E-state index contributed by atoms with van der Waals surface area (Å²) in [5, 5.41) is 21.3. The van der Waals surface area contributed by atoms with E-state index >= 15 is 0 Å². The summed E-state index contributed by atoms with van der Waals surface area (Å²) in [6, 6.07) is 1.12.